The number of allylic oxidation sites excluding steroid dienone is 2. The molecular weight excluding hydrogens is 142 g/mol. The van der Waals surface area contributed by atoms with Crippen molar-refractivity contribution in [3.8, 4) is 0 Å². The maximum atomic E-state index is 10.9. The predicted molar refractivity (Wildman–Crippen MR) is 41.7 cm³/mol. The van der Waals surface area contributed by atoms with Gasteiger partial charge in [0.25, 0.3) is 0 Å². The maximum absolute atomic E-state index is 10.9. The number of nitrogens with two attached hydrogens (primary N) is 1. The second-order valence-corrected chi connectivity index (χ2v) is 2.77. The molecule has 0 heterocycles. The van der Waals surface area contributed by atoms with Gasteiger partial charge in [0.05, 0.1) is 0 Å². The first-order chi connectivity index (χ1) is 5.20. The van der Waals surface area contributed by atoms with Gasteiger partial charge in [-0.25, -0.2) is 4.79 Å². The molecule has 0 saturated heterocycles. The number of carbonyl (C=O) groups excluding carboxylic acids is 1. The van der Waals surface area contributed by atoms with E-state index in [0.29, 0.717) is 0 Å². The van der Waals surface area contributed by atoms with Crippen LogP contribution in [0.1, 0.15) is 26.2 Å². The fourth-order valence-electron chi connectivity index (χ4n) is 0.956. The van der Waals surface area contributed by atoms with Gasteiger partial charge in [0.2, 0.25) is 0 Å². The highest BCUT2D eigenvalue weighted by atomic mass is 16.5. The normalized spacial score (nSPS) is 19.3. The Bertz CT molecular complexity index is 185. The van der Waals surface area contributed by atoms with Crippen LogP contribution in [-0.2, 0) is 9.53 Å². The van der Waals surface area contributed by atoms with E-state index in [2.05, 4.69) is 0 Å². The summed E-state index contributed by atoms with van der Waals surface area (Å²) in [4.78, 5) is 10.9. The number of hydrogen-bond donors (Lipinski definition) is 1. The lowest BCUT2D eigenvalue weighted by Gasteiger charge is -2.06. The minimum atomic E-state index is -0.517. The van der Waals surface area contributed by atoms with Crippen LogP contribution in [0, 0.1) is 0 Å². The van der Waals surface area contributed by atoms with Crippen LogP contribution < -0.4 is 5.73 Å². The zero-order chi connectivity index (χ0) is 8.27. The van der Waals surface area contributed by atoms with Crippen LogP contribution >= 0.6 is 0 Å². The Morgan fingerprint density at radius 3 is 3.00 bits per heavy atom. The van der Waals surface area contributed by atoms with Crippen LogP contribution in [0.25, 0.3) is 0 Å². The average Bonchev–Trinajstić information content (AvgIpc) is 2.39. The number of carbonyl (C=O) groups is 1. The first kappa shape index (κ1) is 8.27. The van der Waals surface area contributed by atoms with E-state index >= 15 is 0 Å². The molecule has 2 N–H and O–H groups in total. The Kier molecular flexibility index (Phi) is 2.65. The predicted octanol–water partition coefficient (Wildman–Crippen LogP) is 0.945. The largest absolute Gasteiger partial charge is 0.430 e. The van der Waals surface area contributed by atoms with Crippen LogP contribution in [0.3, 0.4) is 0 Å². The van der Waals surface area contributed by atoms with E-state index in [1.165, 1.54) is 0 Å². The summed E-state index contributed by atoms with van der Waals surface area (Å²) in [5.41, 5.74) is 5.31. The van der Waals surface area contributed by atoms with Crippen molar-refractivity contribution in [1.29, 1.82) is 0 Å². The monoisotopic (exact) mass is 155 g/mol. The van der Waals surface area contributed by atoms with E-state index in [1.807, 2.05) is 6.08 Å². The summed E-state index contributed by atoms with van der Waals surface area (Å²) < 4.78 is 4.97. The van der Waals surface area contributed by atoms with Gasteiger partial charge < -0.3 is 10.5 Å². The van der Waals surface area contributed by atoms with E-state index in [-0.39, 0.29) is 5.97 Å². The van der Waals surface area contributed by atoms with Crippen LogP contribution in [-0.4, -0.2) is 12.0 Å². The van der Waals surface area contributed by atoms with Gasteiger partial charge >= 0.3 is 5.97 Å². The van der Waals surface area contributed by atoms with Crippen molar-refractivity contribution in [2.45, 2.75) is 32.2 Å². The van der Waals surface area contributed by atoms with Crippen molar-refractivity contribution in [1.82, 2.24) is 0 Å². The van der Waals surface area contributed by atoms with Gasteiger partial charge in [0.15, 0.2) is 0 Å². The average molecular weight is 155 g/mol. The zero-order valence-electron chi connectivity index (χ0n) is 6.67. The Morgan fingerprint density at radius 2 is 2.55 bits per heavy atom. The third kappa shape index (κ3) is 2.35. The second kappa shape index (κ2) is 3.53. The Hall–Kier alpha value is -0.830. The molecule has 1 aliphatic carbocycles. The molecule has 1 aliphatic rings. The van der Waals surface area contributed by atoms with Crippen molar-refractivity contribution in [3.05, 3.63) is 11.8 Å². The van der Waals surface area contributed by atoms with Crippen LogP contribution in [0.5, 0.6) is 0 Å². The molecule has 0 aromatic heterocycles. The molecule has 3 nitrogen and oxygen atoms in total. The van der Waals surface area contributed by atoms with Gasteiger partial charge in [-0.05, 0) is 25.8 Å². The summed E-state index contributed by atoms with van der Waals surface area (Å²) in [5.74, 6) is 0.449. The van der Waals surface area contributed by atoms with Crippen LogP contribution in [0.2, 0.25) is 0 Å². The molecule has 0 amide bonds. The number of esters is 1. The highest BCUT2D eigenvalue weighted by molar-refractivity contribution is 5.75. The molecule has 62 valence electrons. The molecule has 0 spiro atoms. The number of ether oxygens (including phenoxy) is 1. The molecule has 1 atom stereocenters. The van der Waals surface area contributed by atoms with Gasteiger partial charge in [-0.3, -0.25) is 0 Å². The molecule has 0 saturated carbocycles. The SMILES string of the molecule is C[C@H](N)C(=O)OC1=CCCC1. The molecule has 0 bridgehead atoms. The smallest absolute Gasteiger partial charge is 0.327 e. The Labute approximate surface area is 66.2 Å². The Morgan fingerprint density at radius 1 is 1.82 bits per heavy atom. The van der Waals surface area contributed by atoms with Crippen molar-refractivity contribution >= 4 is 5.97 Å². The highest BCUT2D eigenvalue weighted by Gasteiger charge is 2.13. The molecule has 0 aromatic rings. The first-order valence-corrected chi connectivity index (χ1v) is 3.86. The summed E-state index contributed by atoms with van der Waals surface area (Å²) in [6.45, 7) is 1.62. The topological polar surface area (TPSA) is 52.3 Å². The molecule has 0 radical (unpaired) electrons. The lowest BCUT2D eigenvalue weighted by atomic mass is 10.3. The third-order valence-corrected chi connectivity index (χ3v) is 1.60. The fourth-order valence-corrected chi connectivity index (χ4v) is 0.956. The highest BCUT2D eigenvalue weighted by Crippen LogP contribution is 2.18. The van der Waals surface area contributed by atoms with Gasteiger partial charge in [-0.2, -0.15) is 0 Å². The summed E-state index contributed by atoms with van der Waals surface area (Å²) >= 11 is 0. The lowest BCUT2D eigenvalue weighted by molar-refractivity contribution is -0.140. The molecule has 0 unspecified atom stereocenters. The maximum Gasteiger partial charge on any atom is 0.327 e. The van der Waals surface area contributed by atoms with E-state index in [4.69, 9.17) is 10.5 Å². The summed E-state index contributed by atoms with van der Waals surface area (Å²) in [5, 5.41) is 0. The third-order valence-electron chi connectivity index (χ3n) is 1.60. The van der Waals surface area contributed by atoms with Crippen LogP contribution in [0.4, 0.5) is 0 Å². The van der Waals surface area contributed by atoms with Crippen molar-refractivity contribution in [2.24, 2.45) is 5.73 Å². The van der Waals surface area contributed by atoms with E-state index in [0.717, 1.165) is 25.0 Å². The molecule has 0 fully saturated rings. The zero-order valence-corrected chi connectivity index (χ0v) is 6.67. The van der Waals surface area contributed by atoms with E-state index in [9.17, 15) is 4.79 Å². The summed E-state index contributed by atoms with van der Waals surface area (Å²) in [7, 11) is 0. The minimum Gasteiger partial charge on any atom is -0.430 e. The fraction of sp³-hybridized carbons (Fsp3) is 0.625. The molecule has 1 rings (SSSR count). The van der Waals surface area contributed by atoms with Crippen LogP contribution in [0.15, 0.2) is 11.8 Å². The van der Waals surface area contributed by atoms with Gasteiger partial charge in [0, 0.05) is 6.42 Å². The molecule has 0 aromatic carbocycles. The number of rotatable bonds is 2. The van der Waals surface area contributed by atoms with Gasteiger partial charge in [-0.15, -0.1) is 0 Å². The molecule has 3 heteroatoms. The lowest BCUT2D eigenvalue weighted by Crippen LogP contribution is -2.28. The van der Waals surface area contributed by atoms with Crippen molar-refractivity contribution in [2.75, 3.05) is 0 Å². The molecular formula is C8H13NO2. The molecule has 11 heavy (non-hydrogen) atoms. The van der Waals surface area contributed by atoms with Crippen molar-refractivity contribution < 1.29 is 9.53 Å². The van der Waals surface area contributed by atoms with E-state index in [1.54, 1.807) is 6.92 Å². The van der Waals surface area contributed by atoms with E-state index < -0.39 is 6.04 Å². The standard InChI is InChI=1S/C8H13NO2/c1-6(9)8(10)11-7-4-2-3-5-7/h4,6H,2-3,5,9H2,1H3/t6-/m0/s1. The summed E-state index contributed by atoms with van der Waals surface area (Å²) in [6, 6.07) is -0.517. The molecule has 0 aliphatic heterocycles. The Balaban J connectivity index is 2.35. The number of hydrogen-bond acceptors (Lipinski definition) is 3. The van der Waals surface area contributed by atoms with Crippen molar-refractivity contribution in [3.63, 3.8) is 0 Å². The minimum absolute atomic E-state index is 0.335. The quantitative estimate of drug-likeness (QED) is 0.604. The second-order valence-electron chi connectivity index (χ2n) is 2.77. The summed E-state index contributed by atoms with van der Waals surface area (Å²) in [6.07, 6.45) is 4.92. The first-order valence-electron chi connectivity index (χ1n) is 3.86. The van der Waals surface area contributed by atoms with Gasteiger partial charge in [0.1, 0.15) is 11.8 Å². The van der Waals surface area contributed by atoms with Gasteiger partial charge in [-0.1, -0.05) is 0 Å².